The number of nitro groups is 1. The minimum atomic E-state index is -0.749. The van der Waals surface area contributed by atoms with Gasteiger partial charge < -0.3 is 24.0 Å². The number of aromatic nitrogens is 3. The number of esters is 1. The van der Waals surface area contributed by atoms with Crippen molar-refractivity contribution >= 4 is 35.0 Å². The quantitative estimate of drug-likeness (QED) is 0.294. The molecular formula is C20H18Cl2N4O5. The summed E-state index contributed by atoms with van der Waals surface area (Å²) in [6, 6.07) is 6.12. The molecular weight excluding hydrogens is 447 g/mol. The first-order valence-electron chi connectivity index (χ1n) is 9.32. The Morgan fingerprint density at radius 1 is 1.23 bits per heavy atom. The zero-order valence-electron chi connectivity index (χ0n) is 16.7. The summed E-state index contributed by atoms with van der Waals surface area (Å²) in [5.74, 6) is -1.06. The summed E-state index contributed by atoms with van der Waals surface area (Å²) >= 11 is 12.2. The van der Waals surface area contributed by atoms with E-state index in [1.54, 1.807) is 29.7 Å². The number of pyridine rings is 1. The third-order valence-corrected chi connectivity index (χ3v) is 5.28. The molecule has 0 radical (unpaired) electrons. The predicted molar refractivity (Wildman–Crippen MR) is 116 cm³/mol. The summed E-state index contributed by atoms with van der Waals surface area (Å²) in [4.78, 5) is 39.7. The van der Waals surface area contributed by atoms with Crippen LogP contribution in [0.4, 0.5) is 5.82 Å². The molecule has 0 atom stereocenters. The highest BCUT2D eigenvalue weighted by Crippen LogP contribution is 2.31. The van der Waals surface area contributed by atoms with Crippen LogP contribution in [-0.4, -0.2) is 31.6 Å². The lowest BCUT2D eigenvalue weighted by atomic mass is 10.0. The van der Waals surface area contributed by atoms with Crippen molar-refractivity contribution in [1.82, 2.24) is 14.1 Å². The van der Waals surface area contributed by atoms with Gasteiger partial charge in [-0.1, -0.05) is 29.3 Å². The Balaban J connectivity index is 2.24. The lowest BCUT2D eigenvalue weighted by molar-refractivity contribution is -0.389. The van der Waals surface area contributed by atoms with Gasteiger partial charge in [-0.25, -0.2) is 4.79 Å². The zero-order valence-corrected chi connectivity index (χ0v) is 18.2. The smallest absolute Gasteiger partial charge is 0.381 e. The number of halogens is 2. The lowest BCUT2D eigenvalue weighted by Crippen LogP contribution is -2.25. The van der Waals surface area contributed by atoms with Crippen LogP contribution in [0.3, 0.4) is 0 Å². The number of hydrogen-bond acceptors (Lipinski definition) is 6. The van der Waals surface area contributed by atoms with Crippen LogP contribution in [0.2, 0.25) is 10.0 Å². The Morgan fingerprint density at radius 3 is 2.55 bits per heavy atom. The van der Waals surface area contributed by atoms with E-state index in [0.29, 0.717) is 28.5 Å². The molecule has 3 aromatic rings. The van der Waals surface area contributed by atoms with Gasteiger partial charge in [0.15, 0.2) is 5.43 Å². The van der Waals surface area contributed by atoms with Crippen LogP contribution in [0, 0.1) is 10.1 Å². The van der Waals surface area contributed by atoms with Crippen LogP contribution in [-0.2, 0) is 17.8 Å². The average Bonchev–Trinajstić information content (AvgIpc) is 3.18. The highest BCUT2D eigenvalue weighted by molar-refractivity contribution is 6.42. The van der Waals surface area contributed by atoms with Gasteiger partial charge in [-0.3, -0.25) is 4.79 Å². The van der Waals surface area contributed by atoms with Gasteiger partial charge >= 0.3 is 11.8 Å². The number of carbonyl (C=O) groups is 1. The molecule has 2 heterocycles. The average molecular weight is 465 g/mol. The number of ether oxygens (including phenoxy) is 1. The topological polar surface area (TPSA) is 109 Å². The second-order valence-electron chi connectivity index (χ2n) is 6.48. The number of imidazole rings is 1. The SMILES string of the molecule is CCOC(=O)c1c(-c2ccc(Cl)c(Cl)c2)n(CC)c(Cn2cnc([N+](=O)[O-])c2)cc1=O. The molecule has 0 aliphatic rings. The van der Waals surface area contributed by atoms with E-state index in [1.807, 2.05) is 6.92 Å². The number of carbonyl (C=O) groups excluding carboxylic acids is 1. The number of rotatable bonds is 7. The summed E-state index contributed by atoms with van der Waals surface area (Å²) in [5, 5.41) is 11.5. The number of benzene rings is 1. The summed E-state index contributed by atoms with van der Waals surface area (Å²) in [6.07, 6.45) is 2.57. The zero-order chi connectivity index (χ0) is 22.7. The van der Waals surface area contributed by atoms with E-state index >= 15 is 0 Å². The highest BCUT2D eigenvalue weighted by Gasteiger charge is 2.24. The van der Waals surface area contributed by atoms with Crippen molar-refractivity contribution in [2.75, 3.05) is 6.61 Å². The minimum absolute atomic E-state index is 0.103. The predicted octanol–water partition coefficient (Wildman–Crippen LogP) is 4.17. The molecule has 0 aliphatic heterocycles. The minimum Gasteiger partial charge on any atom is -0.462 e. The molecule has 0 fully saturated rings. The Hall–Kier alpha value is -3.17. The summed E-state index contributed by atoms with van der Waals surface area (Å²) in [6.45, 7) is 4.12. The monoisotopic (exact) mass is 464 g/mol. The van der Waals surface area contributed by atoms with Gasteiger partial charge in [-0.2, -0.15) is 0 Å². The molecule has 0 saturated carbocycles. The molecule has 0 bridgehead atoms. The maximum Gasteiger partial charge on any atom is 0.381 e. The maximum atomic E-state index is 13.0. The van der Waals surface area contributed by atoms with E-state index in [9.17, 15) is 19.7 Å². The van der Waals surface area contributed by atoms with Gasteiger partial charge in [0.25, 0.3) is 0 Å². The van der Waals surface area contributed by atoms with E-state index in [1.165, 1.54) is 23.2 Å². The van der Waals surface area contributed by atoms with Crippen molar-refractivity contribution < 1.29 is 14.5 Å². The van der Waals surface area contributed by atoms with Gasteiger partial charge in [0.1, 0.15) is 11.8 Å². The van der Waals surface area contributed by atoms with E-state index in [-0.39, 0.29) is 29.6 Å². The fourth-order valence-corrected chi connectivity index (χ4v) is 3.55. The largest absolute Gasteiger partial charge is 0.462 e. The normalized spacial score (nSPS) is 10.8. The number of nitrogens with zero attached hydrogens (tertiary/aromatic N) is 4. The summed E-state index contributed by atoms with van der Waals surface area (Å²) in [5.41, 5.74) is 0.705. The molecule has 11 heteroatoms. The molecule has 0 saturated heterocycles. The molecule has 0 aliphatic carbocycles. The van der Waals surface area contributed by atoms with E-state index < -0.39 is 16.3 Å². The van der Waals surface area contributed by atoms with Crippen LogP contribution in [0.25, 0.3) is 11.3 Å². The second-order valence-corrected chi connectivity index (χ2v) is 7.29. The Morgan fingerprint density at radius 2 is 1.97 bits per heavy atom. The molecule has 31 heavy (non-hydrogen) atoms. The van der Waals surface area contributed by atoms with Crippen molar-refractivity contribution in [3.05, 3.63) is 78.4 Å². The molecule has 162 valence electrons. The van der Waals surface area contributed by atoms with Gasteiger partial charge in [-0.15, -0.1) is 0 Å². The van der Waals surface area contributed by atoms with E-state index in [0.717, 1.165) is 0 Å². The molecule has 0 N–H and O–H groups in total. The Labute approximate surface area is 186 Å². The van der Waals surface area contributed by atoms with Gasteiger partial charge in [-0.05, 0) is 35.9 Å². The van der Waals surface area contributed by atoms with Crippen molar-refractivity contribution in [3.8, 4) is 11.3 Å². The molecule has 0 unspecified atom stereocenters. The van der Waals surface area contributed by atoms with Crippen LogP contribution in [0.1, 0.15) is 29.9 Å². The molecule has 9 nitrogen and oxygen atoms in total. The molecule has 0 spiro atoms. The van der Waals surface area contributed by atoms with Gasteiger partial charge in [0.2, 0.25) is 6.33 Å². The van der Waals surface area contributed by atoms with Gasteiger partial charge in [0.05, 0.1) is 28.9 Å². The highest BCUT2D eigenvalue weighted by atomic mass is 35.5. The first-order chi connectivity index (χ1) is 14.8. The maximum absolute atomic E-state index is 13.0. The van der Waals surface area contributed by atoms with Crippen LogP contribution in [0.5, 0.6) is 0 Å². The van der Waals surface area contributed by atoms with Crippen LogP contribution < -0.4 is 5.43 Å². The van der Waals surface area contributed by atoms with Gasteiger partial charge in [0, 0.05) is 23.9 Å². The molecule has 1 aromatic carbocycles. The van der Waals surface area contributed by atoms with Crippen molar-refractivity contribution in [2.24, 2.45) is 0 Å². The first-order valence-corrected chi connectivity index (χ1v) is 10.1. The van der Waals surface area contributed by atoms with E-state index in [4.69, 9.17) is 27.9 Å². The third kappa shape index (κ3) is 4.62. The molecule has 0 amide bonds. The third-order valence-electron chi connectivity index (χ3n) is 4.54. The summed E-state index contributed by atoms with van der Waals surface area (Å²) < 4.78 is 8.36. The second kappa shape index (κ2) is 9.32. The summed E-state index contributed by atoms with van der Waals surface area (Å²) in [7, 11) is 0. The lowest BCUT2D eigenvalue weighted by Gasteiger charge is -2.20. The fourth-order valence-electron chi connectivity index (χ4n) is 3.25. The van der Waals surface area contributed by atoms with Crippen LogP contribution in [0.15, 0.2) is 41.6 Å². The first kappa shape index (κ1) is 22.5. The molecule has 2 aromatic heterocycles. The van der Waals surface area contributed by atoms with Crippen molar-refractivity contribution in [1.29, 1.82) is 0 Å². The standard InChI is InChI=1S/C20H18Cl2N4O5/c1-3-25-13(9-24-10-17(23-11-24)26(29)30)8-16(27)18(20(28)31-4-2)19(25)12-5-6-14(21)15(22)7-12/h5-8,10-11H,3-4,9H2,1-2H3. The Kier molecular flexibility index (Phi) is 6.77. The van der Waals surface area contributed by atoms with Crippen LogP contribution >= 0.6 is 23.2 Å². The van der Waals surface area contributed by atoms with E-state index in [2.05, 4.69) is 4.98 Å². The van der Waals surface area contributed by atoms with Crippen molar-refractivity contribution in [2.45, 2.75) is 26.9 Å². The van der Waals surface area contributed by atoms with Crippen molar-refractivity contribution in [3.63, 3.8) is 0 Å². The number of hydrogen-bond donors (Lipinski definition) is 0. The Bertz CT molecular complexity index is 1220. The fraction of sp³-hybridized carbons (Fsp3) is 0.250. The molecule has 3 rings (SSSR count).